The van der Waals surface area contributed by atoms with E-state index in [1.807, 2.05) is 0 Å². The summed E-state index contributed by atoms with van der Waals surface area (Å²) in [5.41, 5.74) is 2.53. The maximum Gasteiger partial charge on any atom is 0.431 e. The molecule has 0 saturated carbocycles. The molecule has 0 fully saturated rings. The number of hydrogen-bond donors (Lipinski definition) is 1. The minimum atomic E-state index is -4.82. The van der Waals surface area contributed by atoms with Crippen molar-refractivity contribution in [2.24, 2.45) is 7.05 Å². The number of hydrogen-bond acceptors (Lipinski definition) is 3. The number of benzene rings is 1. The van der Waals surface area contributed by atoms with Crippen LogP contribution in [0.25, 0.3) is 0 Å². The van der Waals surface area contributed by atoms with Crippen molar-refractivity contribution in [2.45, 2.75) is 12.7 Å². The van der Waals surface area contributed by atoms with Gasteiger partial charge in [-0.3, -0.25) is 13.9 Å². The van der Waals surface area contributed by atoms with Crippen molar-refractivity contribution in [1.82, 2.24) is 9.13 Å². The highest BCUT2D eigenvalue weighted by atomic mass is 35.5. The van der Waals surface area contributed by atoms with Crippen molar-refractivity contribution in [1.29, 1.82) is 0 Å². The second kappa shape index (κ2) is 5.93. The fourth-order valence-electron chi connectivity index (χ4n) is 2.04. The predicted molar refractivity (Wildman–Crippen MR) is 80.9 cm³/mol. The van der Waals surface area contributed by atoms with Gasteiger partial charge in [0, 0.05) is 18.8 Å². The van der Waals surface area contributed by atoms with E-state index >= 15 is 0 Å². The van der Waals surface area contributed by atoms with Crippen LogP contribution in [0.4, 0.5) is 18.9 Å². The topological polar surface area (TPSA) is 70.0 Å². The molecule has 0 bridgehead atoms. The van der Waals surface area contributed by atoms with Gasteiger partial charge in [-0.15, -0.1) is 0 Å². The molecule has 0 radical (unpaired) electrons. The summed E-state index contributed by atoms with van der Waals surface area (Å²) in [6.07, 6.45) is -4.82. The molecule has 0 unspecified atom stereocenters. The van der Waals surface area contributed by atoms with Gasteiger partial charge in [-0.2, -0.15) is 13.2 Å². The average molecular weight is 368 g/mol. The zero-order valence-corrected chi connectivity index (χ0v) is 13.1. The van der Waals surface area contributed by atoms with Gasteiger partial charge in [0.25, 0.3) is 5.56 Å². The van der Waals surface area contributed by atoms with E-state index in [-0.39, 0.29) is 27.8 Å². The number of alkyl halides is 3. The summed E-state index contributed by atoms with van der Waals surface area (Å²) in [6, 6.07) is 3.11. The Hall–Kier alpha value is -1.93. The molecule has 1 aromatic heterocycles. The molecule has 0 saturated heterocycles. The number of anilines is 1. The highest BCUT2D eigenvalue weighted by Crippen LogP contribution is 2.29. The first-order valence-electron chi connectivity index (χ1n) is 6.14. The molecule has 2 N–H and O–H groups in total. The first-order chi connectivity index (χ1) is 10.5. The standard InChI is InChI=1S/C13H10Cl2F3N3O2/c1-20-9(13(16,17)18)4-10(22)21(12(20)23)5-6-2-7(19)3-8(14)11(6)15/h2-4H,5,19H2,1H3. The summed E-state index contributed by atoms with van der Waals surface area (Å²) in [6.45, 7) is -0.354. The van der Waals surface area contributed by atoms with E-state index in [1.54, 1.807) is 0 Å². The van der Waals surface area contributed by atoms with Gasteiger partial charge in [-0.25, -0.2) is 4.79 Å². The molecule has 2 rings (SSSR count). The lowest BCUT2D eigenvalue weighted by atomic mass is 10.2. The van der Waals surface area contributed by atoms with E-state index in [1.165, 1.54) is 12.1 Å². The van der Waals surface area contributed by atoms with Crippen LogP contribution in [0.3, 0.4) is 0 Å². The molecular weight excluding hydrogens is 358 g/mol. The lowest BCUT2D eigenvalue weighted by Crippen LogP contribution is -2.41. The highest BCUT2D eigenvalue weighted by molar-refractivity contribution is 6.42. The molecule has 0 spiro atoms. The summed E-state index contributed by atoms with van der Waals surface area (Å²) in [4.78, 5) is 23.9. The molecule has 0 amide bonds. The molecular formula is C13H10Cl2F3N3O2. The maximum atomic E-state index is 12.8. The van der Waals surface area contributed by atoms with Crippen molar-refractivity contribution in [3.63, 3.8) is 0 Å². The highest BCUT2D eigenvalue weighted by Gasteiger charge is 2.34. The van der Waals surface area contributed by atoms with Crippen molar-refractivity contribution < 1.29 is 13.2 Å². The van der Waals surface area contributed by atoms with Gasteiger partial charge >= 0.3 is 11.9 Å². The van der Waals surface area contributed by atoms with Crippen LogP contribution in [0.15, 0.2) is 27.8 Å². The van der Waals surface area contributed by atoms with Crippen molar-refractivity contribution in [2.75, 3.05) is 5.73 Å². The van der Waals surface area contributed by atoms with Crippen molar-refractivity contribution in [3.05, 3.63) is 60.3 Å². The summed E-state index contributed by atoms with van der Waals surface area (Å²) in [5, 5.41) is 0.174. The number of halogens is 5. The minimum Gasteiger partial charge on any atom is -0.399 e. The lowest BCUT2D eigenvalue weighted by molar-refractivity contribution is -0.144. The van der Waals surface area contributed by atoms with Gasteiger partial charge in [-0.1, -0.05) is 23.2 Å². The first kappa shape index (κ1) is 17.4. The molecule has 0 aliphatic rings. The zero-order valence-electron chi connectivity index (χ0n) is 11.6. The Morgan fingerprint density at radius 3 is 2.35 bits per heavy atom. The maximum absolute atomic E-state index is 12.8. The first-order valence-corrected chi connectivity index (χ1v) is 6.89. The Morgan fingerprint density at radius 2 is 1.78 bits per heavy atom. The number of nitrogen functional groups attached to an aromatic ring is 1. The molecule has 2 aromatic rings. The summed E-state index contributed by atoms with van der Waals surface area (Å²) in [7, 11) is 0.926. The van der Waals surface area contributed by atoms with E-state index in [2.05, 4.69) is 0 Å². The van der Waals surface area contributed by atoms with Gasteiger partial charge in [-0.05, 0) is 17.7 Å². The van der Waals surface area contributed by atoms with Crippen LogP contribution in [0.2, 0.25) is 10.0 Å². The third-order valence-electron chi connectivity index (χ3n) is 3.15. The minimum absolute atomic E-state index is 0.0646. The quantitative estimate of drug-likeness (QED) is 0.829. The monoisotopic (exact) mass is 367 g/mol. The molecule has 1 heterocycles. The number of rotatable bonds is 2. The third-order valence-corrected chi connectivity index (χ3v) is 3.99. The third kappa shape index (κ3) is 3.37. The van der Waals surface area contributed by atoms with Crippen LogP contribution in [0, 0.1) is 0 Å². The van der Waals surface area contributed by atoms with E-state index in [9.17, 15) is 22.8 Å². The predicted octanol–water partition coefficient (Wildman–Crippen LogP) is 2.50. The van der Waals surface area contributed by atoms with Gasteiger partial charge in [0.2, 0.25) is 0 Å². The fraction of sp³-hybridized carbons (Fsp3) is 0.231. The van der Waals surface area contributed by atoms with Crippen molar-refractivity contribution in [3.8, 4) is 0 Å². The van der Waals surface area contributed by atoms with Gasteiger partial charge < -0.3 is 5.73 Å². The molecule has 1 aromatic carbocycles. The summed E-state index contributed by atoms with van der Waals surface area (Å²) < 4.78 is 39.3. The average Bonchev–Trinajstić information content (AvgIpc) is 2.42. The van der Waals surface area contributed by atoms with Crippen LogP contribution < -0.4 is 17.0 Å². The van der Waals surface area contributed by atoms with Crippen molar-refractivity contribution >= 4 is 28.9 Å². The Morgan fingerprint density at radius 1 is 1.17 bits per heavy atom. The summed E-state index contributed by atoms with van der Waals surface area (Å²) in [5.74, 6) is 0. The van der Waals surface area contributed by atoms with Crippen LogP contribution in [-0.2, 0) is 19.8 Å². The fourth-order valence-corrected chi connectivity index (χ4v) is 2.46. The van der Waals surface area contributed by atoms with E-state index < -0.39 is 23.1 Å². The molecule has 10 heteroatoms. The van der Waals surface area contributed by atoms with E-state index in [4.69, 9.17) is 28.9 Å². The lowest BCUT2D eigenvalue weighted by Gasteiger charge is -2.14. The molecule has 0 aliphatic heterocycles. The SMILES string of the molecule is Cn1c(C(F)(F)F)cc(=O)n(Cc2cc(N)cc(Cl)c2Cl)c1=O. The Kier molecular flexibility index (Phi) is 4.50. The second-order valence-electron chi connectivity index (χ2n) is 4.77. The number of nitrogens with zero attached hydrogens (tertiary/aromatic N) is 2. The Balaban J connectivity index is 2.62. The molecule has 23 heavy (non-hydrogen) atoms. The van der Waals surface area contributed by atoms with E-state index in [0.29, 0.717) is 15.2 Å². The molecule has 5 nitrogen and oxygen atoms in total. The molecule has 0 atom stereocenters. The van der Waals surface area contributed by atoms with E-state index in [0.717, 1.165) is 7.05 Å². The molecule has 0 aliphatic carbocycles. The van der Waals surface area contributed by atoms with Crippen LogP contribution >= 0.6 is 23.2 Å². The zero-order chi connectivity index (χ0) is 17.5. The van der Waals surface area contributed by atoms with Gasteiger partial charge in [0.1, 0.15) is 5.69 Å². The molecule has 124 valence electrons. The van der Waals surface area contributed by atoms with Gasteiger partial charge in [0.05, 0.1) is 16.6 Å². The smallest absolute Gasteiger partial charge is 0.399 e. The number of nitrogens with two attached hydrogens (primary N) is 1. The van der Waals surface area contributed by atoms with Crippen LogP contribution in [0.1, 0.15) is 11.3 Å². The van der Waals surface area contributed by atoms with Gasteiger partial charge in [0.15, 0.2) is 0 Å². The van der Waals surface area contributed by atoms with Crippen LogP contribution in [-0.4, -0.2) is 9.13 Å². The Labute approximate surface area is 137 Å². The largest absolute Gasteiger partial charge is 0.431 e. The number of aromatic nitrogens is 2. The van der Waals surface area contributed by atoms with Crippen LogP contribution in [0.5, 0.6) is 0 Å². The Bertz CT molecular complexity index is 888. The normalized spacial score (nSPS) is 11.7. The summed E-state index contributed by atoms with van der Waals surface area (Å²) >= 11 is 11.8. The second-order valence-corrected chi connectivity index (χ2v) is 5.55.